The first-order chi connectivity index (χ1) is 9.85. The van der Waals surface area contributed by atoms with Crippen LogP contribution in [0.5, 0.6) is 0 Å². The van der Waals surface area contributed by atoms with E-state index in [1.165, 1.54) is 0 Å². The van der Waals surface area contributed by atoms with Crippen LogP contribution >= 0.6 is 11.3 Å². The van der Waals surface area contributed by atoms with Crippen LogP contribution in [0.4, 0.5) is 5.82 Å². The maximum Gasteiger partial charge on any atom is 0.157 e. The fraction of sp³-hybridized carbons (Fsp3) is 0.571. The van der Waals surface area contributed by atoms with Crippen LogP contribution in [0, 0.1) is 0 Å². The Balaban J connectivity index is 1.79. The van der Waals surface area contributed by atoms with Crippen molar-refractivity contribution in [2.75, 3.05) is 25.1 Å². The van der Waals surface area contributed by atoms with Gasteiger partial charge in [-0.25, -0.2) is 9.97 Å². The maximum absolute atomic E-state index is 5.52. The van der Waals surface area contributed by atoms with E-state index in [4.69, 9.17) is 9.47 Å². The molecular formula is C14H21N3O2S. The van der Waals surface area contributed by atoms with Gasteiger partial charge in [-0.1, -0.05) is 0 Å². The Hall–Kier alpha value is -1.24. The molecule has 0 amide bonds. The zero-order valence-electron chi connectivity index (χ0n) is 12.0. The number of anilines is 1. The topological polar surface area (TPSA) is 56.3 Å². The third kappa shape index (κ3) is 4.13. The highest BCUT2D eigenvalue weighted by atomic mass is 32.1. The quantitative estimate of drug-likeness (QED) is 0.568. The first-order valence-electron chi connectivity index (χ1n) is 7.00. The Morgan fingerprint density at radius 3 is 2.80 bits per heavy atom. The number of nitrogens with one attached hydrogen (secondary N) is 1. The molecule has 5 nitrogen and oxygen atoms in total. The highest BCUT2D eigenvalue weighted by Gasteiger charge is 2.08. The molecule has 1 N–H and O–H groups in total. The zero-order chi connectivity index (χ0) is 14.2. The van der Waals surface area contributed by atoms with E-state index in [2.05, 4.69) is 15.3 Å². The van der Waals surface area contributed by atoms with Gasteiger partial charge < -0.3 is 14.8 Å². The molecule has 0 unspecified atom stereocenters. The lowest BCUT2D eigenvalue weighted by Gasteiger charge is -2.16. The predicted molar refractivity (Wildman–Crippen MR) is 82.2 cm³/mol. The Morgan fingerprint density at radius 2 is 2.05 bits per heavy atom. The second-order valence-electron chi connectivity index (χ2n) is 4.27. The first kappa shape index (κ1) is 15.2. The summed E-state index contributed by atoms with van der Waals surface area (Å²) in [6, 6.07) is 2.05. The van der Waals surface area contributed by atoms with Crippen molar-refractivity contribution in [3.8, 4) is 0 Å². The average Bonchev–Trinajstić information content (AvgIpc) is 2.93. The van der Waals surface area contributed by atoms with Gasteiger partial charge in [0.05, 0.1) is 5.39 Å². The fourth-order valence-corrected chi connectivity index (χ4v) is 2.73. The molecule has 0 spiro atoms. The molecule has 0 bridgehead atoms. The van der Waals surface area contributed by atoms with Gasteiger partial charge in [-0.05, 0) is 31.7 Å². The largest absolute Gasteiger partial charge is 0.369 e. The van der Waals surface area contributed by atoms with Crippen LogP contribution in [-0.4, -0.2) is 36.0 Å². The number of rotatable bonds is 9. The van der Waals surface area contributed by atoms with E-state index in [-0.39, 0.29) is 6.29 Å². The summed E-state index contributed by atoms with van der Waals surface area (Å²) in [5.41, 5.74) is 0. The van der Waals surface area contributed by atoms with Crippen LogP contribution in [0.15, 0.2) is 17.8 Å². The number of aromatic nitrogens is 2. The highest BCUT2D eigenvalue weighted by Crippen LogP contribution is 2.23. The SMILES string of the molecule is CCOC(CCCNc1ncnc2sccc12)OCC. The highest BCUT2D eigenvalue weighted by molar-refractivity contribution is 7.16. The molecule has 0 saturated carbocycles. The van der Waals surface area contributed by atoms with Crippen LogP contribution in [0.3, 0.4) is 0 Å². The van der Waals surface area contributed by atoms with E-state index < -0.39 is 0 Å². The van der Waals surface area contributed by atoms with E-state index >= 15 is 0 Å². The molecule has 0 atom stereocenters. The van der Waals surface area contributed by atoms with E-state index in [9.17, 15) is 0 Å². The van der Waals surface area contributed by atoms with Crippen molar-refractivity contribution in [1.82, 2.24) is 9.97 Å². The zero-order valence-corrected chi connectivity index (χ0v) is 12.8. The first-order valence-corrected chi connectivity index (χ1v) is 7.88. The normalized spacial score (nSPS) is 11.3. The molecule has 0 aliphatic rings. The van der Waals surface area contributed by atoms with Gasteiger partial charge in [0.25, 0.3) is 0 Å². The summed E-state index contributed by atoms with van der Waals surface area (Å²) in [5.74, 6) is 0.903. The fourth-order valence-electron chi connectivity index (χ4n) is 1.99. The third-order valence-corrected chi connectivity index (χ3v) is 3.70. The van der Waals surface area contributed by atoms with Crippen molar-refractivity contribution in [2.24, 2.45) is 0 Å². The second kappa shape index (κ2) is 8.14. The molecule has 0 aliphatic carbocycles. The standard InChI is InChI=1S/C14H21N3O2S/c1-3-18-12(19-4-2)6-5-8-15-13-11-7-9-20-14(11)17-10-16-13/h7,9-10,12H,3-6,8H2,1-2H3,(H,15,16,17). The van der Waals surface area contributed by atoms with Crippen molar-refractivity contribution < 1.29 is 9.47 Å². The van der Waals surface area contributed by atoms with Gasteiger partial charge >= 0.3 is 0 Å². The average molecular weight is 295 g/mol. The minimum absolute atomic E-state index is 0.0987. The van der Waals surface area contributed by atoms with Crippen molar-refractivity contribution >= 4 is 27.4 Å². The molecule has 0 radical (unpaired) electrons. The third-order valence-electron chi connectivity index (χ3n) is 2.88. The van der Waals surface area contributed by atoms with Gasteiger partial charge in [0.2, 0.25) is 0 Å². The minimum atomic E-state index is -0.0987. The Morgan fingerprint density at radius 1 is 1.25 bits per heavy atom. The lowest BCUT2D eigenvalue weighted by Crippen LogP contribution is -2.18. The molecule has 6 heteroatoms. The Bertz CT molecular complexity index is 512. The summed E-state index contributed by atoms with van der Waals surface area (Å²) in [6.45, 7) is 6.18. The van der Waals surface area contributed by atoms with E-state index in [0.717, 1.165) is 35.4 Å². The van der Waals surface area contributed by atoms with Gasteiger partial charge in [-0.2, -0.15) is 0 Å². The molecule has 2 rings (SSSR count). The van der Waals surface area contributed by atoms with Crippen LogP contribution in [0.2, 0.25) is 0 Å². The lowest BCUT2D eigenvalue weighted by molar-refractivity contribution is -0.139. The van der Waals surface area contributed by atoms with Gasteiger partial charge in [-0.3, -0.25) is 0 Å². The van der Waals surface area contributed by atoms with Crippen LogP contribution in [-0.2, 0) is 9.47 Å². The Labute approximate surface area is 123 Å². The molecule has 0 fully saturated rings. The van der Waals surface area contributed by atoms with Crippen molar-refractivity contribution in [3.05, 3.63) is 17.8 Å². The molecule has 0 aliphatic heterocycles. The maximum atomic E-state index is 5.52. The molecule has 2 aromatic rings. The smallest absolute Gasteiger partial charge is 0.157 e. The number of ether oxygens (including phenoxy) is 2. The van der Waals surface area contributed by atoms with Crippen LogP contribution < -0.4 is 5.32 Å². The molecule has 2 heterocycles. The lowest BCUT2D eigenvalue weighted by atomic mass is 10.3. The van der Waals surface area contributed by atoms with Crippen molar-refractivity contribution in [3.63, 3.8) is 0 Å². The number of fused-ring (bicyclic) bond motifs is 1. The monoisotopic (exact) mass is 295 g/mol. The van der Waals surface area contributed by atoms with E-state index in [0.29, 0.717) is 13.2 Å². The van der Waals surface area contributed by atoms with Crippen molar-refractivity contribution in [2.45, 2.75) is 33.0 Å². The van der Waals surface area contributed by atoms with E-state index in [1.807, 2.05) is 25.3 Å². The molecular weight excluding hydrogens is 274 g/mol. The second-order valence-corrected chi connectivity index (χ2v) is 5.17. The number of thiophene rings is 1. The summed E-state index contributed by atoms with van der Waals surface area (Å²) < 4.78 is 11.0. The number of nitrogens with zero attached hydrogens (tertiary/aromatic N) is 2. The van der Waals surface area contributed by atoms with E-state index in [1.54, 1.807) is 17.7 Å². The number of hydrogen-bond acceptors (Lipinski definition) is 6. The predicted octanol–water partition coefficient (Wildman–Crippen LogP) is 3.28. The van der Waals surface area contributed by atoms with Gasteiger partial charge in [0.15, 0.2) is 6.29 Å². The molecule has 0 saturated heterocycles. The summed E-state index contributed by atoms with van der Waals surface area (Å²) in [7, 11) is 0. The molecule has 20 heavy (non-hydrogen) atoms. The summed E-state index contributed by atoms with van der Waals surface area (Å²) in [5, 5.41) is 6.48. The minimum Gasteiger partial charge on any atom is -0.369 e. The summed E-state index contributed by atoms with van der Waals surface area (Å²) in [4.78, 5) is 9.54. The summed E-state index contributed by atoms with van der Waals surface area (Å²) >= 11 is 1.63. The number of hydrogen-bond donors (Lipinski definition) is 1. The molecule has 2 aromatic heterocycles. The molecule has 110 valence electrons. The molecule has 0 aromatic carbocycles. The van der Waals surface area contributed by atoms with Gasteiger partial charge in [-0.15, -0.1) is 11.3 Å². The van der Waals surface area contributed by atoms with Gasteiger partial charge in [0, 0.05) is 26.2 Å². The summed E-state index contributed by atoms with van der Waals surface area (Å²) in [6.07, 6.45) is 3.36. The van der Waals surface area contributed by atoms with Crippen LogP contribution in [0.1, 0.15) is 26.7 Å². The van der Waals surface area contributed by atoms with Crippen LogP contribution in [0.25, 0.3) is 10.2 Å². The van der Waals surface area contributed by atoms with Gasteiger partial charge in [0.1, 0.15) is 17.0 Å². The van der Waals surface area contributed by atoms with Crippen molar-refractivity contribution in [1.29, 1.82) is 0 Å². The Kier molecular flexibility index (Phi) is 6.17.